The van der Waals surface area contributed by atoms with Gasteiger partial charge >= 0.3 is 0 Å². The van der Waals surface area contributed by atoms with Crippen molar-refractivity contribution >= 4 is 28.6 Å². The Morgan fingerprint density at radius 1 is 0.897 bits per heavy atom. The Bertz CT molecular complexity index is 1520. The summed E-state index contributed by atoms with van der Waals surface area (Å²) < 4.78 is 2.31. The molecule has 2 aliphatic heterocycles. The van der Waals surface area contributed by atoms with Gasteiger partial charge in [0.1, 0.15) is 7.05 Å². The van der Waals surface area contributed by atoms with Crippen LogP contribution in [0.4, 0.5) is 11.4 Å². The predicted octanol–water partition coefficient (Wildman–Crippen LogP) is 5.78. The van der Waals surface area contributed by atoms with E-state index in [1.807, 2.05) is 24.3 Å². The van der Waals surface area contributed by atoms with Crippen LogP contribution in [0.25, 0.3) is 5.57 Å². The van der Waals surface area contributed by atoms with Crippen molar-refractivity contribution < 1.29 is 9.37 Å². The number of carbonyl (C=O) groups is 1. The molecule has 3 N–H and O–H groups in total. The number of anilines is 1. The Labute approximate surface area is 232 Å². The smallest absolute Gasteiger partial charge is 0.251 e. The second-order valence-electron chi connectivity index (χ2n) is 11.5. The van der Waals surface area contributed by atoms with Crippen LogP contribution in [-0.4, -0.2) is 43.4 Å². The Balaban J connectivity index is 1.65. The quantitative estimate of drug-likeness (QED) is 0.406. The van der Waals surface area contributed by atoms with Crippen molar-refractivity contribution in [3.63, 3.8) is 0 Å². The molecule has 0 aliphatic carbocycles. The van der Waals surface area contributed by atoms with Gasteiger partial charge in [0.2, 0.25) is 5.69 Å². The van der Waals surface area contributed by atoms with Crippen LogP contribution in [0.2, 0.25) is 0 Å². The highest BCUT2D eigenvalue weighted by Gasteiger charge is 2.43. The standard InChI is InChI=1S/C34H38N4O/c1-33(2)26-11-7-9-13-28(26)37(5)30(33)21-25(23-15-17-24(18-16-23)32(39)36-20-19-35)22-31-34(3,4)27-12-8-10-14-29(27)38(31)6/h7-18,21-22H,19-20,35H2,1-6H3/p+1. The lowest BCUT2D eigenvalue weighted by atomic mass is 9.80. The number of nitrogens with two attached hydrogens (primary N) is 1. The summed E-state index contributed by atoms with van der Waals surface area (Å²) in [7, 11) is 4.30. The van der Waals surface area contributed by atoms with Crippen molar-refractivity contribution in [1.29, 1.82) is 0 Å². The molecule has 1 amide bonds. The molecule has 0 radical (unpaired) electrons. The highest BCUT2D eigenvalue weighted by atomic mass is 16.1. The third-order valence-corrected chi connectivity index (χ3v) is 8.38. The third-order valence-electron chi connectivity index (χ3n) is 8.38. The summed E-state index contributed by atoms with van der Waals surface area (Å²) in [5.74, 6) is -0.107. The van der Waals surface area contributed by atoms with Crippen LogP contribution >= 0.6 is 0 Å². The van der Waals surface area contributed by atoms with Gasteiger partial charge in [-0.2, -0.15) is 4.58 Å². The molecule has 0 aromatic heterocycles. The molecule has 0 fully saturated rings. The Morgan fingerprint density at radius 2 is 1.51 bits per heavy atom. The zero-order chi connectivity index (χ0) is 27.9. The molecule has 0 bridgehead atoms. The van der Waals surface area contributed by atoms with E-state index in [1.54, 1.807) is 0 Å². The summed E-state index contributed by atoms with van der Waals surface area (Å²) in [5.41, 5.74) is 15.6. The van der Waals surface area contributed by atoms with Crippen molar-refractivity contribution in [2.24, 2.45) is 5.73 Å². The number of benzene rings is 3. The number of hydrogen-bond acceptors (Lipinski definition) is 3. The van der Waals surface area contributed by atoms with Crippen LogP contribution in [0.3, 0.4) is 0 Å². The fourth-order valence-electron chi connectivity index (χ4n) is 6.12. The monoisotopic (exact) mass is 519 g/mol. The van der Waals surface area contributed by atoms with Crippen LogP contribution in [0.15, 0.2) is 90.6 Å². The van der Waals surface area contributed by atoms with E-state index in [4.69, 9.17) is 5.73 Å². The summed E-state index contributed by atoms with van der Waals surface area (Å²) >= 11 is 0. The molecule has 0 saturated heterocycles. The first-order valence-corrected chi connectivity index (χ1v) is 13.6. The van der Waals surface area contributed by atoms with E-state index >= 15 is 0 Å². The molecular formula is C34H39N4O+. The lowest BCUT2D eigenvalue weighted by molar-refractivity contribution is -0.401. The topological polar surface area (TPSA) is 61.4 Å². The molecule has 2 aliphatic rings. The van der Waals surface area contributed by atoms with E-state index in [-0.39, 0.29) is 16.7 Å². The number of nitrogens with zero attached hydrogens (tertiary/aromatic N) is 2. The van der Waals surface area contributed by atoms with E-state index in [2.05, 4.69) is 117 Å². The minimum atomic E-state index is -0.156. The minimum Gasteiger partial charge on any atom is -0.351 e. The molecule has 5 heteroatoms. The van der Waals surface area contributed by atoms with Crippen molar-refractivity contribution in [3.05, 3.63) is 113 Å². The Hall–Kier alpha value is -3.96. The molecular weight excluding hydrogens is 480 g/mol. The molecule has 39 heavy (non-hydrogen) atoms. The number of para-hydroxylation sites is 2. The highest BCUT2D eigenvalue weighted by Crippen LogP contribution is 2.48. The molecule has 0 unspecified atom stereocenters. The SMILES string of the molecule is CN1/C(=C\C(=C\C2=[N+](C)c3ccccc3C2(C)C)c2ccc(C(=O)NCCN)cc2)C(C)(C)c2ccccc21. The van der Waals surface area contributed by atoms with E-state index in [0.29, 0.717) is 18.7 Å². The normalized spacial score (nSPS) is 18.4. The summed E-state index contributed by atoms with van der Waals surface area (Å²) in [6, 6.07) is 25.2. The maximum Gasteiger partial charge on any atom is 0.251 e. The van der Waals surface area contributed by atoms with Gasteiger partial charge in [-0.1, -0.05) is 62.4 Å². The van der Waals surface area contributed by atoms with Crippen LogP contribution < -0.4 is 16.0 Å². The Morgan fingerprint density at radius 3 is 2.15 bits per heavy atom. The number of fused-ring (bicyclic) bond motifs is 2. The van der Waals surface area contributed by atoms with E-state index in [0.717, 1.165) is 11.1 Å². The van der Waals surface area contributed by atoms with Crippen molar-refractivity contribution in [1.82, 2.24) is 5.32 Å². The zero-order valence-electron chi connectivity index (χ0n) is 23.9. The minimum absolute atomic E-state index is 0.107. The molecule has 5 nitrogen and oxygen atoms in total. The number of rotatable bonds is 6. The molecule has 3 aromatic carbocycles. The lowest BCUT2D eigenvalue weighted by Crippen LogP contribution is -2.29. The number of amides is 1. The first-order valence-electron chi connectivity index (χ1n) is 13.6. The van der Waals surface area contributed by atoms with E-state index < -0.39 is 0 Å². The van der Waals surface area contributed by atoms with Crippen molar-refractivity contribution in [2.45, 2.75) is 38.5 Å². The lowest BCUT2D eigenvalue weighted by Gasteiger charge is -2.25. The second-order valence-corrected chi connectivity index (χ2v) is 11.5. The Kier molecular flexibility index (Phi) is 6.81. The summed E-state index contributed by atoms with van der Waals surface area (Å²) in [5, 5.41) is 2.86. The molecule has 0 saturated carbocycles. The fraction of sp³-hybridized carbons (Fsp3) is 0.294. The van der Waals surface area contributed by atoms with Gasteiger partial charge in [-0.25, -0.2) is 0 Å². The van der Waals surface area contributed by atoms with Crippen LogP contribution in [-0.2, 0) is 10.8 Å². The number of likely N-dealkylation sites (N-methyl/N-ethyl adjacent to an activating group) is 1. The number of hydrogen-bond donors (Lipinski definition) is 2. The van der Waals surface area contributed by atoms with Gasteiger partial charge in [-0.15, -0.1) is 0 Å². The van der Waals surface area contributed by atoms with Gasteiger partial charge in [-0.3, -0.25) is 4.79 Å². The molecule has 2 heterocycles. The molecule has 0 atom stereocenters. The van der Waals surface area contributed by atoms with Gasteiger partial charge in [-0.05, 0) is 54.8 Å². The molecule has 200 valence electrons. The second kappa shape index (κ2) is 9.97. The maximum atomic E-state index is 12.5. The molecule has 5 rings (SSSR count). The summed E-state index contributed by atoms with van der Waals surface area (Å²) in [6.07, 6.45) is 4.65. The van der Waals surface area contributed by atoms with Gasteiger partial charge < -0.3 is 16.0 Å². The predicted molar refractivity (Wildman–Crippen MR) is 162 cm³/mol. The van der Waals surface area contributed by atoms with E-state index in [9.17, 15) is 4.79 Å². The van der Waals surface area contributed by atoms with Gasteiger partial charge in [0.15, 0.2) is 5.71 Å². The fourth-order valence-corrected chi connectivity index (χ4v) is 6.12. The van der Waals surface area contributed by atoms with Gasteiger partial charge in [0, 0.05) is 60.2 Å². The van der Waals surface area contributed by atoms with Crippen LogP contribution in [0, 0.1) is 0 Å². The largest absolute Gasteiger partial charge is 0.351 e. The maximum absolute atomic E-state index is 12.5. The number of carbonyl (C=O) groups excluding carboxylic acids is 1. The highest BCUT2D eigenvalue weighted by molar-refractivity contribution is 6.08. The molecule has 0 spiro atoms. The van der Waals surface area contributed by atoms with Crippen molar-refractivity contribution in [2.75, 3.05) is 32.1 Å². The number of allylic oxidation sites excluding steroid dienone is 4. The summed E-state index contributed by atoms with van der Waals surface area (Å²) in [6.45, 7) is 10.0. The van der Waals surface area contributed by atoms with Crippen LogP contribution in [0.1, 0.15) is 54.7 Å². The van der Waals surface area contributed by atoms with Gasteiger partial charge in [0.05, 0.1) is 5.41 Å². The average molecular weight is 520 g/mol. The first kappa shape index (κ1) is 26.6. The molecule has 3 aromatic rings. The van der Waals surface area contributed by atoms with Gasteiger partial charge in [0.25, 0.3) is 5.91 Å². The van der Waals surface area contributed by atoms with Crippen LogP contribution in [0.5, 0.6) is 0 Å². The zero-order valence-corrected chi connectivity index (χ0v) is 23.9. The first-order chi connectivity index (χ1) is 18.6. The summed E-state index contributed by atoms with van der Waals surface area (Å²) in [4.78, 5) is 14.8. The third kappa shape index (κ3) is 4.51. The van der Waals surface area contributed by atoms with Crippen molar-refractivity contribution in [3.8, 4) is 0 Å². The average Bonchev–Trinajstić information content (AvgIpc) is 3.25. The number of nitrogens with one attached hydrogen (secondary N) is 1. The van der Waals surface area contributed by atoms with E-state index in [1.165, 1.54) is 33.9 Å².